The number of carbonyl (C=O) groups excluding carboxylic acids is 1. The molecule has 0 saturated heterocycles. The van der Waals surface area contributed by atoms with E-state index in [0.717, 1.165) is 0 Å². The molecule has 6 heteroatoms. The molecule has 122 valence electrons. The van der Waals surface area contributed by atoms with Crippen molar-refractivity contribution in [2.75, 3.05) is 7.11 Å². The van der Waals surface area contributed by atoms with E-state index in [4.69, 9.17) is 9.47 Å². The molecule has 0 amide bonds. The van der Waals surface area contributed by atoms with Crippen LogP contribution in [0.3, 0.4) is 0 Å². The van der Waals surface area contributed by atoms with Crippen molar-refractivity contribution in [2.45, 2.75) is 0 Å². The van der Waals surface area contributed by atoms with Gasteiger partial charge in [-0.1, -0.05) is 18.2 Å². The molecule has 0 fully saturated rings. The Bertz CT molecular complexity index is 862. The fourth-order valence-electron chi connectivity index (χ4n) is 2.33. The van der Waals surface area contributed by atoms with Crippen LogP contribution in [-0.4, -0.2) is 28.4 Å². The van der Waals surface area contributed by atoms with Crippen molar-refractivity contribution in [1.29, 1.82) is 0 Å². The topological polar surface area (TPSA) is 96.2 Å². The van der Waals surface area contributed by atoms with Crippen molar-refractivity contribution in [3.63, 3.8) is 0 Å². The molecule has 0 unspecified atom stereocenters. The normalized spacial score (nSPS) is 15.7. The van der Waals surface area contributed by atoms with Crippen LogP contribution in [0.25, 0.3) is 11.6 Å². The fraction of sp³-hybridized carbons (Fsp3) is 0.0556. The molecule has 0 aliphatic carbocycles. The lowest BCUT2D eigenvalue weighted by molar-refractivity contribution is -0.131. The minimum atomic E-state index is -0.685. The molecule has 0 spiro atoms. The highest BCUT2D eigenvalue weighted by Crippen LogP contribution is 2.34. The van der Waals surface area contributed by atoms with Gasteiger partial charge in [0.1, 0.15) is 11.3 Å². The third kappa shape index (κ3) is 2.77. The molecule has 1 heterocycles. The minimum Gasteiger partial charge on any atom is -0.508 e. The summed E-state index contributed by atoms with van der Waals surface area (Å²) in [6, 6.07) is 10.4. The fourth-order valence-corrected chi connectivity index (χ4v) is 2.33. The molecular weight excluding hydrogens is 312 g/mol. The Kier molecular flexibility index (Phi) is 3.87. The molecule has 0 bridgehead atoms. The molecule has 1 aliphatic heterocycles. The summed E-state index contributed by atoms with van der Waals surface area (Å²) < 4.78 is 10.1. The van der Waals surface area contributed by atoms with Crippen LogP contribution in [0.2, 0.25) is 0 Å². The van der Waals surface area contributed by atoms with Gasteiger partial charge in [-0.25, -0.2) is 4.79 Å². The first-order valence-electron chi connectivity index (χ1n) is 7.03. The van der Waals surface area contributed by atoms with Crippen molar-refractivity contribution in [1.82, 2.24) is 0 Å². The smallest absolute Gasteiger partial charge is 0.348 e. The Morgan fingerprint density at radius 3 is 2.42 bits per heavy atom. The van der Waals surface area contributed by atoms with E-state index < -0.39 is 5.97 Å². The number of carbonyl (C=O) groups is 1. The quantitative estimate of drug-likeness (QED) is 0.751. The van der Waals surface area contributed by atoms with Gasteiger partial charge in [0.05, 0.1) is 7.11 Å². The molecule has 0 atom stereocenters. The largest absolute Gasteiger partial charge is 0.508 e. The zero-order valence-electron chi connectivity index (χ0n) is 12.7. The summed E-state index contributed by atoms with van der Waals surface area (Å²) in [6.45, 7) is 0. The summed E-state index contributed by atoms with van der Waals surface area (Å²) in [7, 11) is 1.42. The lowest BCUT2D eigenvalue weighted by atomic mass is 10.0. The van der Waals surface area contributed by atoms with Gasteiger partial charge in [0, 0.05) is 0 Å². The number of hydrogen-bond donors (Lipinski definition) is 3. The number of methoxy groups -OCH3 is 1. The lowest BCUT2D eigenvalue weighted by Gasteiger charge is -2.04. The molecule has 0 radical (unpaired) electrons. The number of aliphatic hydroxyl groups excluding tert-OH is 1. The van der Waals surface area contributed by atoms with Gasteiger partial charge in [0.25, 0.3) is 0 Å². The molecule has 2 aromatic rings. The third-order valence-corrected chi connectivity index (χ3v) is 3.53. The monoisotopic (exact) mass is 326 g/mol. The van der Waals surface area contributed by atoms with Crippen LogP contribution in [0.4, 0.5) is 0 Å². The predicted octanol–water partition coefficient (Wildman–Crippen LogP) is 2.97. The van der Waals surface area contributed by atoms with Gasteiger partial charge in [-0.2, -0.15) is 0 Å². The highest BCUT2D eigenvalue weighted by atomic mass is 16.6. The second-order valence-electron chi connectivity index (χ2n) is 5.10. The predicted molar refractivity (Wildman–Crippen MR) is 86.4 cm³/mol. The number of cyclic esters (lactones) is 1. The first-order chi connectivity index (χ1) is 11.5. The highest BCUT2D eigenvalue weighted by molar-refractivity contribution is 6.20. The molecule has 0 aromatic heterocycles. The standard InChI is InChI=1S/C18H14O6/c1-23-14-8-10(2-7-13(14)20)9-15-17(21)16(18(22)24-15)11-3-5-12(19)6-4-11/h2-9,19-21H,1H3/b15-9-. The van der Waals surface area contributed by atoms with Crippen molar-refractivity contribution < 1.29 is 29.6 Å². The number of ether oxygens (including phenoxy) is 2. The van der Waals surface area contributed by atoms with E-state index in [1.54, 1.807) is 12.1 Å². The number of aromatic hydroxyl groups is 2. The van der Waals surface area contributed by atoms with Crippen LogP contribution >= 0.6 is 0 Å². The number of phenols is 2. The van der Waals surface area contributed by atoms with Crippen LogP contribution in [0, 0.1) is 0 Å². The second kappa shape index (κ2) is 6.00. The number of esters is 1. The Balaban J connectivity index is 2.01. The number of hydrogen-bond acceptors (Lipinski definition) is 6. The van der Waals surface area contributed by atoms with Gasteiger partial charge in [-0.05, 0) is 41.5 Å². The van der Waals surface area contributed by atoms with Crippen LogP contribution in [0.15, 0.2) is 54.0 Å². The summed E-state index contributed by atoms with van der Waals surface area (Å²) in [6.07, 6.45) is 1.46. The number of benzene rings is 2. The summed E-state index contributed by atoms with van der Waals surface area (Å²) >= 11 is 0. The van der Waals surface area contributed by atoms with Crippen molar-refractivity contribution >= 4 is 17.6 Å². The average molecular weight is 326 g/mol. The summed E-state index contributed by atoms with van der Waals surface area (Å²) in [5.74, 6) is -0.690. The summed E-state index contributed by atoms with van der Waals surface area (Å²) in [4.78, 5) is 12.0. The minimum absolute atomic E-state index is 0.00387. The first kappa shape index (κ1) is 15.5. The summed E-state index contributed by atoms with van der Waals surface area (Å²) in [5.41, 5.74) is 1.03. The van der Waals surface area contributed by atoms with E-state index in [2.05, 4.69) is 0 Å². The molecule has 3 rings (SSSR count). The van der Waals surface area contributed by atoms with E-state index in [9.17, 15) is 20.1 Å². The van der Waals surface area contributed by atoms with Crippen LogP contribution < -0.4 is 4.74 Å². The molecule has 2 aromatic carbocycles. The SMILES string of the molecule is COc1cc(/C=C2\OC(=O)C(c3ccc(O)cc3)=C2O)ccc1O. The Hall–Kier alpha value is -3.41. The number of aliphatic hydroxyl groups is 1. The van der Waals surface area contributed by atoms with Gasteiger partial charge in [0.15, 0.2) is 23.0 Å². The Labute approximate surface area is 137 Å². The first-order valence-corrected chi connectivity index (χ1v) is 7.03. The Morgan fingerprint density at radius 2 is 1.75 bits per heavy atom. The molecule has 6 nitrogen and oxygen atoms in total. The molecular formula is C18H14O6. The van der Waals surface area contributed by atoms with E-state index in [0.29, 0.717) is 11.1 Å². The van der Waals surface area contributed by atoms with Crippen LogP contribution in [-0.2, 0) is 9.53 Å². The molecule has 0 saturated carbocycles. The van der Waals surface area contributed by atoms with Crippen LogP contribution in [0.5, 0.6) is 17.2 Å². The number of rotatable bonds is 3. The maximum atomic E-state index is 12.0. The average Bonchev–Trinajstić information content (AvgIpc) is 2.84. The van der Waals surface area contributed by atoms with Gasteiger partial charge < -0.3 is 24.8 Å². The molecule has 3 N–H and O–H groups in total. The van der Waals surface area contributed by atoms with Crippen molar-refractivity contribution in [3.05, 3.63) is 65.1 Å². The molecule has 24 heavy (non-hydrogen) atoms. The van der Waals surface area contributed by atoms with E-state index in [1.807, 2.05) is 0 Å². The van der Waals surface area contributed by atoms with Crippen molar-refractivity contribution in [2.24, 2.45) is 0 Å². The second-order valence-corrected chi connectivity index (χ2v) is 5.10. The van der Waals surface area contributed by atoms with E-state index >= 15 is 0 Å². The highest BCUT2D eigenvalue weighted by Gasteiger charge is 2.31. The van der Waals surface area contributed by atoms with Crippen LogP contribution in [0.1, 0.15) is 11.1 Å². The Morgan fingerprint density at radius 1 is 1.04 bits per heavy atom. The maximum Gasteiger partial charge on any atom is 0.348 e. The van der Waals surface area contributed by atoms with Crippen molar-refractivity contribution in [3.8, 4) is 17.2 Å². The zero-order chi connectivity index (χ0) is 17.3. The van der Waals surface area contributed by atoms with Gasteiger partial charge in [-0.3, -0.25) is 0 Å². The van der Waals surface area contributed by atoms with Gasteiger partial charge in [-0.15, -0.1) is 0 Å². The third-order valence-electron chi connectivity index (χ3n) is 3.53. The maximum absolute atomic E-state index is 12.0. The van der Waals surface area contributed by atoms with E-state index in [-0.39, 0.29) is 34.3 Å². The van der Waals surface area contributed by atoms with Gasteiger partial charge >= 0.3 is 5.97 Å². The van der Waals surface area contributed by atoms with E-state index in [1.165, 1.54) is 43.5 Å². The van der Waals surface area contributed by atoms with Gasteiger partial charge in [0.2, 0.25) is 0 Å². The summed E-state index contributed by atoms with van der Waals surface area (Å²) in [5, 5.41) is 29.2. The molecule has 1 aliphatic rings. The zero-order valence-corrected chi connectivity index (χ0v) is 12.7. The number of phenolic OH excluding ortho intramolecular Hbond substituents is 2. The lowest BCUT2D eigenvalue weighted by Crippen LogP contribution is -1.98.